The van der Waals surface area contributed by atoms with Crippen molar-refractivity contribution in [1.82, 2.24) is 4.90 Å². The monoisotopic (exact) mass is 373 g/mol. The van der Waals surface area contributed by atoms with Gasteiger partial charge in [0.1, 0.15) is 18.0 Å². The molecular weight excluding hydrogens is 338 g/mol. The van der Waals surface area contributed by atoms with E-state index in [1.54, 1.807) is 4.90 Å². The van der Waals surface area contributed by atoms with Gasteiger partial charge in [-0.3, -0.25) is 0 Å². The van der Waals surface area contributed by atoms with Crippen molar-refractivity contribution in [3.8, 4) is 0 Å². The zero-order valence-corrected chi connectivity index (χ0v) is 18.0. The normalized spacial score (nSPS) is 21.4. The fourth-order valence-corrected chi connectivity index (χ4v) is 3.56. The molecule has 25 heavy (non-hydrogen) atoms. The summed E-state index contributed by atoms with van der Waals surface area (Å²) >= 11 is 0. The SMILES string of the molecule is CC(C)(C)OC(=O)N1CCOCC(C(C=O)O[Si](C)(C)C(C)(C)C)C1. The summed E-state index contributed by atoms with van der Waals surface area (Å²) in [6, 6.07) is 0. The van der Waals surface area contributed by atoms with Crippen molar-refractivity contribution in [2.45, 2.75) is 71.4 Å². The molecule has 1 rings (SSSR count). The number of ether oxygens (including phenoxy) is 2. The van der Waals surface area contributed by atoms with Crippen LogP contribution in [0.3, 0.4) is 0 Å². The highest BCUT2D eigenvalue weighted by Crippen LogP contribution is 2.38. The molecule has 1 aliphatic heterocycles. The number of aldehydes is 1. The van der Waals surface area contributed by atoms with Gasteiger partial charge in [-0.05, 0) is 38.9 Å². The first-order chi connectivity index (χ1) is 11.3. The molecule has 6 nitrogen and oxygen atoms in total. The van der Waals surface area contributed by atoms with E-state index in [1.807, 2.05) is 20.8 Å². The third kappa shape index (κ3) is 6.71. The van der Waals surface area contributed by atoms with Crippen LogP contribution in [0.5, 0.6) is 0 Å². The number of nitrogens with zero attached hydrogens (tertiary/aromatic N) is 1. The topological polar surface area (TPSA) is 65.1 Å². The summed E-state index contributed by atoms with van der Waals surface area (Å²) in [5, 5.41) is 0.00466. The van der Waals surface area contributed by atoms with Crippen LogP contribution in [-0.4, -0.2) is 63.6 Å². The first kappa shape index (κ1) is 22.1. The van der Waals surface area contributed by atoms with E-state index in [4.69, 9.17) is 13.9 Å². The molecule has 0 aliphatic carbocycles. The van der Waals surface area contributed by atoms with Gasteiger partial charge in [0.25, 0.3) is 0 Å². The van der Waals surface area contributed by atoms with Gasteiger partial charge in [-0.25, -0.2) is 4.79 Å². The molecule has 7 heteroatoms. The Morgan fingerprint density at radius 3 is 2.32 bits per heavy atom. The minimum atomic E-state index is -2.10. The van der Waals surface area contributed by atoms with Crippen molar-refractivity contribution in [3.63, 3.8) is 0 Å². The van der Waals surface area contributed by atoms with Crippen molar-refractivity contribution in [2.24, 2.45) is 5.92 Å². The lowest BCUT2D eigenvalue weighted by molar-refractivity contribution is -0.117. The van der Waals surface area contributed by atoms with E-state index in [2.05, 4.69) is 33.9 Å². The molecule has 1 amide bonds. The average Bonchev–Trinajstić information content (AvgIpc) is 2.67. The van der Waals surface area contributed by atoms with Gasteiger partial charge in [0.05, 0.1) is 13.2 Å². The summed E-state index contributed by atoms with van der Waals surface area (Å²) in [5.74, 6) is -0.193. The minimum absolute atomic E-state index is 0.00466. The molecule has 2 atom stereocenters. The second-order valence-electron chi connectivity index (χ2n) is 9.24. The molecule has 1 heterocycles. The van der Waals surface area contributed by atoms with Gasteiger partial charge in [0.15, 0.2) is 8.32 Å². The second kappa shape index (κ2) is 8.18. The Bertz CT molecular complexity index is 467. The molecule has 0 aromatic rings. The fraction of sp³-hybridized carbons (Fsp3) is 0.889. The van der Waals surface area contributed by atoms with Crippen LogP contribution in [-0.2, 0) is 18.7 Å². The maximum absolute atomic E-state index is 12.4. The average molecular weight is 374 g/mol. The quantitative estimate of drug-likeness (QED) is 0.558. The summed E-state index contributed by atoms with van der Waals surface area (Å²) in [7, 11) is -2.10. The van der Waals surface area contributed by atoms with Crippen molar-refractivity contribution in [2.75, 3.05) is 26.3 Å². The second-order valence-corrected chi connectivity index (χ2v) is 14.0. The summed E-state index contributed by atoms with van der Waals surface area (Å²) in [5.41, 5.74) is -0.554. The lowest BCUT2D eigenvalue weighted by atomic mass is 10.0. The largest absolute Gasteiger partial charge is 0.444 e. The van der Waals surface area contributed by atoms with Gasteiger partial charge < -0.3 is 23.6 Å². The van der Waals surface area contributed by atoms with E-state index in [0.717, 1.165) is 6.29 Å². The molecule has 0 aromatic heterocycles. The Labute approximate surface area is 153 Å². The van der Waals surface area contributed by atoms with E-state index in [9.17, 15) is 9.59 Å². The molecule has 0 spiro atoms. The Kier molecular flexibility index (Phi) is 7.24. The van der Waals surface area contributed by atoms with Gasteiger partial charge >= 0.3 is 6.09 Å². The summed E-state index contributed by atoms with van der Waals surface area (Å²) in [6.07, 6.45) is -0.100. The fourth-order valence-electron chi connectivity index (χ4n) is 2.28. The standard InChI is InChI=1S/C18H35NO5Si/c1-17(2,3)23-16(21)19-9-10-22-13-14(11-19)15(12-20)24-25(7,8)18(4,5)6/h12,14-15H,9-11,13H2,1-8H3. The molecule has 2 unspecified atom stereocenters. The van der Waals surface area contributed by atoms with Gasteiger partial charge in [-0.15, -0.1) is 0 Å². The molecule has 146 valence electrons. The van der Waals surface area contributed by atoms with Crippen molar-refractivity contribution in [3.05, 3.63) is 0 Å². The molecule has 0 saturated carbocycles. The van der Waals surface area contributed by atoms with E-state index >= 15 is 0 Å². The maximum atomic E-state index is 12.4. The minimum Gasteiger partial charge on any atom is -0.444 e. The summed E-state index contributed by atoms with van der Waals surface area (Å²) in [4.78, 5) is 25.7. The molecule has 1 saturated heterocycles. The Balaban J connectivity index is 2.86. The van der Waals surface area contributed by atoms with Crippen LogP contribution >= 0.6 is 0 Å². The molecule has 0 aromatic carbocycles. The van der Waals surface area contributed by atoms with E-state index in [-0.39, 0.29) is 17.0 Å². The lowest BCUT2D eigenvalue weighted by Crippen LogP contribution is -2.49. The predicted molar refractivity (Wildman–Crippen MR) is 100 cm³/mol. The van der Waals surface area contributed by atoms with Crippen molar-refractivity contribution < 1.29 is 23.5 Å². The first-order valence-electron chi connectivity index (χ1n) is 8.95. The third-order valence-corrected chi connectivity index (χ3v) is 9.25. The van der Waals surface area contributed by atoms with E-state index in [0.29, 0.717) is 26.3 Å². The number of carbonyl (C=O) groups excluding carboxylic acids is 2. The van der Waals surface area contributed by atoms with Crippen LogP contribution in [0.25, 0.3) is 0 Å². The number of amides is 1. The Hall–Kier alpha value is -0.923. The van der Waals surface area contributed by atoms with Crippen LogP contribution < -0.4 is 0 Å². The van der Waals surface area contributed by atoms with Gasteiger partial charge in [-0.1, -0.05) is 20.8 Å². The zero-order chi connectivity index (χ0) is 19.5. The van der Waals surface area contributed by atoms with Crippen LogP contribution in [0.1, 0.15) is 41.5 Å². The maximum Gasteiger partial charge on any atom is 0.410 e. The van der Waals surface area contributed by atoms with Crippen molar-refractivity contribution in [1.29, 1.82) is 0 Å². The van der Waals surface area contributed by atoms with E-state index < -0.39 is 20.0 Å². The number of hydrogen-bond donors (Lipinski definition) is 0. The third-order valence-electron chi connectivity index (χ3n) is 4.78. The van der Waals surface area contributed by atoms with Gasteiger partial charge in [0.2, 0.25) is 0 Å². The number of carbonyl (C=O) groups is 2. The summed E-state index contributed by atoms with van der Waals surface area (Å²) in [6.45, 7) is 17.8. The Morgan fingerprint density at radius 2 is 1.84 bits per heavy atom. The van der Waals surface area contributed by atoms with Crippen molar-refractivity contribution >= 4 is 20.7 Å². The highest BCUT2D eigenvalue weighted by atomic mass is 28.4. The van der Waals surface area contributed by atoms with Crippen LogP contribution in [0, 0.1) is 5.92 Å². The van der Waals surface area contributed by atoms with Crippen LogP contribution in [0.2, 0.25) is 18.1 Å². The molecule has 1 fully saturated rings. The number of hydrogen-bond acceptors (Lipinski definition) is 5. The first-order valence-corrected chi connectivity index (χ1v) is 11.9. The Morgan fingerprint density at radius 1 is 1.24 bits per heavy atom. The van der Waals surface area contributed by atoms with Gasteiger partial charge in [0, 0.05) is 19.0 Å². The smallest absolute Gasteiger partial charge is 0.410 e. The molecule has 1 aliphatic rings. The van der Waals surface area contributed by atoms with Crippen LogP contribution in [0.4, 0.5) is 4.79 Å². The van der Waals surface area contributed by atoms with E-state index in [1.165, 1.54) is 0 Å². The summed E-state index contributed by atoms with van der Waals surface area (Å²) < 4.78 is 17.4. The van der Waals surface area contributed by atoms with Gasteiger partial charge in [-0.2, -0.15) is 0 Å². The lowest BCUT2D eigenvalue weighted by Gasteiger charge is -2.40. The molecule has 0 bridgehead atoms. The predicted octanol–water partition coefficient (Wildman–Crippen LogP) is 3.46. The molecule has 0 N–H and O–H groups in total. The molecule has 0 radical (unpaired) electrons. The molecular formula is C18H35NO5Si. The zero-order valence-electron chi connectivity index (χ0n) is 17.0. The highest BCUT2D eigenvalue weighted by molar-refractivity contribution is 6.74. The van der Waals surface area contributed by atoms with Crippen LogP contribution in [0.15, 0.2) is 0 Å². The highest BCUT2D eigenvalue weighted by Gasteiger charge is 2.41. The number of rotatable bonds is 4.